The van der Waals surface area contributed by atoms with Gasteiger partial charge in [0.25, 0.3) is 0 Å². The van der Waals surface area contributed by atoms with Crippen LogP contribution in [0.25, 0.3) is 0 Å². The molecule has 196 valence electrons. The normalized spacial score (nSPS) is 24.8. The topological polar surface area (TPSA) is 79.6 Å². The van der Waals surface area contributed by atoms with E-state index in [0.29, 0.717) is 30.8 Å². The first kappa shape index (κ1) is 25.6. The van der Waals surface area contributed by atoms with Crippen molar-refractivity contribution in [2.45, 2.75) is 49.8 Å². The number of halogens is 2. The number of rotatable bonds is 5. The SMILES string of the molecule is N#Cc1ccc2c(c1)C1(CCN(CC(O)C3CCN(C(=O)/C=C/C4=CC(F)CC(F)=C4)CC3)CC1)CN2. The summed E-state index contributed by atoms with van der Waals surface area (Å²) >= 11 is 0. The number of benzene rings is 1. The summed E-state index contributed by atoms with van der Waals surface area (Å²) in [6.45, 7) is 4.46. The lowest BCUT2D eigenvalue weighted by Crippen LogP contribution is -2.48. The molecule has 0 aromatic heterocycles. The van der Waals surface area contributed by atoms with E-state index in [1.54, 1.807) is 4.90 Å². The number of aliphatic hydroxyl groups excluding tert-OH is 1. The first-order chi connectivity index (χ1) is 17.8. The second-order valence-electron chi connectivity index (χ2n) is 10.8. The zero-order valence-electron chi connectivity index (χ0n) is 21.0. The van der Waals surface area contributed by atoms with Crippen molar-refractivity contribution in [2.75, 3.05) is 44.6 Å². The highest BCUT2D eigenvalue weighted by atomic mass is 19.1. The van der Waals surface area contributed by atoms with Crippen molar-refractivity contribution in [2.24, 2.45) is 5.92 Å². The number of β-amino-alcohol motifs (C(OH)–C–C–N with tert-alkyl or cyclic N) is 1. The molecule has 1 aromatic carbocycles. The lowest BCUT2D eigenvalue weighted by Gasteiger charge is -2.41. The maximum Gasteiger partial charge on any atom is 0.246 e. The maximum atomic E-state index is 13.5. The molecule has 2 saturated heterocycles. The van der Waals surface area contributed by atoms with Gasteiger partial charge in [0, 0.05) is 49.8 Å². The molecular weight excluding hydrogens is 474 g/mol. The first-order valence-corrected chi connectivity index (χ1v) is 13.2. The molecule has 2 unspecified atom stereocenters. The Morgan fingerprint density at radius 3 is 2.73 bits per heavy atom. The number of carbonyl (C=O) groups is 1. The van der Waals surface area contributed by atoms with E-state index >= 15 is 0 Å². The number of fused-ring (bicyclic) bond motifs is 2. The minimum atomic E-state index is -1.36. The van der Waals surface area contributed by atoms with Crippen LogP contribution in [0, 0.1) is 17.2 Å². The van der Waals surface area contributed by atoms with Crippen LogP contribution in [0.15, 0.2) is 53.9 Å². The van der Waals surface area contributed by atoms with Crippen molar-refractivity contribution in [1.29, 1.82) is 5.26 Å². The van der Waals surface area contributed by atoms with Gasteiger partial charge in [-0.15, -0.1) is 0 Å². The second kappa shape index (κ2) is 10.8. The quantitative estimate of drug-likeness (QED) is 0.588. The predicted molar refractivity (Wildman–Crippen MR) is 138 cm³/mol. The van der Waals surface area contributed by atoms with Gasteiger partial charge in [-0.1, -0.05) is 0 Å². The lowest BCUT2D eigenvalue weighted by molar-refractivity contribution is -0.128. The number of allylic oxidation sites excluding steroid dienone is 5. The molecule has 0 radical (unpaired) electrons. The van der Waals surface area contributed by atoms with Gasteiger partial charge in [0.05, 0.1) is 17.7 Å². The Morgan fingerprint density at radius 1 is 1.27 bits per heavy atom. The van der Waals surface area contributed by atoms with E-state index < -0.39 is 18.1 Å². The van der Waals surface area contributed by atoms with E-state index in [0.717, 1.165) is 51.0 Å². The molecule has 8 heteroatoms. The Hall–Kier alpha value is -3.02. The molecule has 1 amide bonds. The van der Waals surface area contributed by atoms with E-state index in [4.69, 9.17) is 0 Å². The number of piperidine rings is 2. The highest BCUT2D eigenvalue weighted by Gasteiger charge is 2.42. The number of nitrogens with one attached hydrogen (secondary N) is 1. The smallest absolute Gasteiger partial charge is 0.246 e. The highest BCUT2D eigenvalue weighted by molar-refractivity contribution is 5.88. The summed E-state index contributed by atoms with van der Waals surface area (Å²) in [5.41, 5.74) is 3.52. The van der Waals surface area contributed by atoms with Crippen molar-refractivity contribution in [3.8, 4) is 6.07 Å². The number of hydrogen-bond acceptors (Lipinski definition) is 5. The minimum absolute atomic E-state index is 0.0587. The number of aliphatic hydroxyl groups is 1. The van der Waals surface area contributed by atoms with Gasteiger partial charge in [0.15, 0.2) is 0 Å². The zero-order chi connectivity index (χ0) is 26.0. The van der Waals surface area contributed by atoms with Crippen LogP contribution in [-0.4, -0.2) is 72.4 Å². The van der Waals surface area contributed by atoms with Crippen LogP contribution >= 0.6 is 0 Å². The van der Waals surface area contributed by atoms with E-state index in [1.807, 2.05) is 18.2 Å². The van der Waals surface area contributed by atoms with E-state index in [9.17, 15) is 23.9 Å². The standard InChI is InChI=1S/C29H34F2N4O2/c30-23-13-20(14-24(31)16-23)2-4-28(37)35-9-5-22(6-10-35)27(36)18-34-11-7-29(8-12-34)19-33-26-3-1-21(17-32)15-25(26)29/h1-4,13-15,22-23,27,33,36H,5-12,16,18-19H2/b4-2+. The monoisotopic (exact) mass is 508 g/mol. The van der Waals surface area contributed by atoms with Crippen molar-refractivity contribution in [3.05, 3.63) is 65.0 Å². The molecule has 1 spiro atoms. The van der Waals surface area contributed by atoms with Gasteiger partial charge in [0.2, 0.25) is 5.91 Å². The summed E-state index contributed by atoms with van der Waals surface area (Å²) in [6, 6.07) is 8.15. The van der Waals surface area contributed by atoms with Crippen LogP contribution in [0.3, 0.4) is 0 Å². The van der Waals surface area contributed by atoms with Gasteiger partial charge >= 0.3 is 0 Å². The van der Waals surface area contributed by atoms with Crippen molar-refractivity contribution < 1.29 is 18.7 Å². The van der Waals surface area contributed by atoms with Crippen LogP contribution in [0.1, 0.15) is 43.2 Å². The Bertz CT molecular complexity index is 1150. The number of alkyl halides is 1. The third kappa shape index (κ3) is 5.63. The number of amides is 1. The fourth-order valence-corrected chi connectivity index (χ4v) is 6.21. The van der Waals surface area contributed by atoms with Gasteiger partial charge < -0.3 is 20.2 Å². The molecule has 1 aromatic rings. The van der Waals surface area contributed by atoms with E-state index in [-0.39, 0.29) is 23.7 Å². The molecular formula is C29H34F2N4O2. The van der Waals surface area contributed by atoms with Crippen molar-refractivity contribution in [3.63, 3.8) is 0 Å². The van der Waals surface area contributed by atoms with Gasteiger partial charge in [-0.05, 0) is 92.3 Å². The summed E-state index contributed by atoms with van der Waals surface area (Å²) in [5, 5.41) is 23.8. The van der Waals surface area contributed by atoms with E-state index in [1.165, 1.54) is 29.9 Å². The average Bonchev–Trinajstić information content (AvgIpc) is 3.25. The average molecular weight is 509 g/mol. The fraction of sp³-hybridized carbons (Fsp3) is 0.517. The Morgan fingerprint density at radius 2 is 2.03 bits per heavy atom. The number of hydrogen-bond donors (Lipinski definition) is 2. The molecule has 4 aliphatic rings. The summed E-state index contributed by atoms with van der Waals surface area (Å²) in [4.78, 5) is 16.6. The lowest BCUT2D eigenvalue weighted by atomic mass is 9.74. The van der Waals surface area contributed by atoms with Gasteiger partial charge in [-0.2, -0.15) is 5.26 Å². The Labute approximate surface area is 216 Å². The van der Waals surface area contributed by atoms with Crippen LogP contribution in [-0.2, 0) is 10.2 Å². The van der Waals surface area contributed by atoms with Crippen LogP contribution < -0.4 is 5.32 Å². The fourth-order valence-electron chi connectivity index (χ4n) is 6.21. The zero-order valence-corrected chi connectivity index (χ0v) is 21.0. The summed E-state index contributed by atoms with van der Waals surface area (Å²) in [5.74, 6) is -0.546. The molecule has 2 N–H and O–H groups in total. The number of likely N-dealkylation sites (tertiary alicyclic amines) is 2. The third-order valence-electron chi connectivity index (χ3n) is 8.50. The molecule has 2 fully saturated rings. The predicted octanol–water partition coefficient (Wildman–Crippen LogP) is 3.99. The van der Waals surface area contributed by atoms with Gasteiger partial charge in [-0.25, -0.2) is 8.78 Å². The third-order valence-corrected chi connectivity index (χ3v) is 8.50. The summed E-state index contributed by atoms with van der Waals surface area (Å²) in [6.07, 6.45) is 6.84. The van der Waals surface area contributed by atoms with Crippen LogP contribution in [0.5, 0.6) is 0 Å². The van der Waals surface area contributed by atoms with Gasteiger partial charge in [-0.3, -0.25) is 4.79 Å². The van der Waals surface area contributed by atoms with Crippen LogP contribution in [0.4, 0.5) is 14.5 Å². The summed E-state index contributed by atoms with van der Waals surface area (Å²) in [7, 11) is 0. The molecule has 3 aliphatic heterocycles. The Kier molecular flexibility index (Phi) is 7.45. The molecule has 3 heterocycles. The molecule has 5 rings (SSSR count). The largest absolute Gasteiger partial charge is 0.392 e. The Balaban J connectivity index is 1.08. The number of nitrogens with zero attached hydrogens (tertiary/aromatic N) is 3. The van der Waals surface area contributed by atoms with E-state index in [2.05, 4.69) is 16.3 Å². The maximum absolute atomic E-state index is 13.5. The molecule has 0 saturated carbocycles. The number of nitriles is 1. The second-order valence-corrected chi connectivity index (χ2v) is 10.8. The molecule has 37 heavy (non-hydrogen) atoms. The van der Waals surface area contributed by atoms with Crippen molar-refractivity contribution >= 4 is 11.6 Å². The summed E-state index contributed by atoms with van der Waals surface area (Å²) < 4.78 is 26.9. The number of carbonyl (C=O) groups excluding carboxylic acids is 1. The molecule has 1 aliphatic carbocycles. The molecule has 6 nitrogen and oxygen atoms in total. The molecule has 0 bridgehead atoms. The molecule has 2 atom stereocenters. The van der Waals surface area contributed by atoms with Crippen LogP contribution in [0.2, 0.25) is 0 Å². The first-order valence-electron chi connectivity index (χ1n) is 13.2. The van der Waals surface area contributed by atoms with Crippen molar-refractivity contribution in [1.82, 2.24) is 9.80 Å². The highest BCUT2D eigenvalue weighted by Crippen LogP contribution is 2.44. The number of anilines is 1. The van der Waals surface area contributed by atoms with Gasteiger partial charge in [0.1, 0.15) is 12.0 Å². The minimum Gasteiger partial charge on any atom is -0.392 e.